The summed E-state index contributed by atoms with van der Waals surface area (Å²) >= 11 is 6.11. The molecule has 3 rings (SSSR count). The van der Waals surface area contributed by atoms with Crippen molar-refractivity contribution >= 4 is 34.8 Å². The Kier molecular flexibility index (Phi) is 3.07. The maximum absolute atomic E-state index is 12.1. The fraction of sp³-hybridized carbons (Fsp3) is 0.385. The van der Waals surface area contributed by atoms with Crippen LogP contribution in [0.25, 0.3) is 0 Å². The van der Waals surface area contributed by atoms with Crippen LogP contribution in [0.2, 0.25) is 5.02 Å². The van der Waals surface area contributed by atoms with Crippen LogP contribution in [0, 0.1) is 5.41 Å². The van der Waals surface area contributed by atoms with Crippen LogP contribution in [0.5, 0.6) is 5.75 Å². The van der Waals surface area contributed by atoms with E-state index in [0.717, 1.165) is 12.8 Å². The standard InChI is InChI=1S/C13H14ClN3O3/c14-7-3-9-10(20-5-11(18)16-9)4-8(7)17-12(19)13(6-15)1-2-13/h3-4H,1-2,5-6,15H2,(H,16,18)(H,17,19). The zero-order valence-corrected chi connectivity index (χ0v) is 11.4. The van der Waals surface area contributed by atoms with Crippen molar-refractivity contribution in [1.29, 1.82) is 0 Å². The van der Waals surface area contributed by atoms with Gasteiger partial charge in [-0.25, -0.2) is 0 Å². The molecule has 0 unspecified atom stereocenters. The number of carbonyl (C=O) groups excluding carboxylic acids is 2. The highest BCUT2D eigenvalue weighted by atomic mass is 35.5. The number of halogens is 1. The number of nitrogens with two attached hydrogens (primary N) is 1. The van der Waals surface area contributed by atoms with Gasteiger partial charge in [0.25, 0.3) is 5.91 Å². The van der Waals surface area contributed by atoms with E-state index in [2.05, 4.69) is 10.6 Å². The van der Waals surface area contributed by atoms with Gasteiger partial charge in [0.1, 0.15) is 5.75 Å². The Bertz CT molecular complexity index is 599. The van der Waals surface area contributed by atoms with Gasteiger partial charge in [0.15, 0.2) is 6.61 Å². The number of benzene rings is 1. The maximum Gasteiger partial charge on any atom is 0.262 e. The Balaban J connectivity index is 1.84. The van der Waals surface area contributed by atoms with E-state index in [4.69, 9.17) is 22.1 Å². The van der Waals surface area contributed by atoms with E-state index in [9.17, 15) is 9.59 Å². The summed E-state index contributed by atoms with van der Waals surface area (Å²) in [6.45, 7) is 0.280. The number of amides is 2. The minimum atomic E-state index is -0.450. The molecule has 2 amide bonds. The van der Waals surface area contributed by atoms with E-state index >= 15 is 0 Å². The van der Waals surface area contributed by atoms with Crippen molar-refractivity contribution in [3.8, 4) is 5.75 Å². The molecule has 4 N–H and O–H groups in total. The summed E-state index contributed by atoms with van der Waals surface area (Å²) in [5.41, 5.74) is 6.14. The molecule has 1 aromatic rings. The largest absolute Gasteiger partial charge is 0.482 e. The third kappa shape index (κ3) is 2.21. The smallest absolute Gasteiger partial charge is 0.262 e. The summed E-state index contributed by atoms with van der Waals surface area (Å²) in [5, 5.41) is 5.78. The number of ether oxygens (including phenoxy) is 1. The predicted molar refractivity (Wildman–Crippen MR) is 74.9 cm³/mol. The van der Waals surface area contributed by atoms with Gasteiger partial charge in [-0.2, -0.15) is 0 Å². The van der Waals surface area contributed by atoms with Gasteiger partial charge in [-0.15, -0.1) is 0 Å². The average Bonchev–Trinajstić information content (AvgIpc) is 3.21. The van der Waals surface area contributed by atoms with Crippen molar-refractivity contribution in [3.63, 3.8) is 0 Å². The lowest BCUT2D eigenvalue weighted by atomic mass is 10.1. The predicted octanol–water partition coefficient (Wildman–Crippen LogP) is 1.35. The molecule has 1 saturated carbocycles. The van der Waals surface area contributed by atoms with Crippen LogP contribution in [0.3, 0.4) is 0 Å². The maximum atomic E-state index is 12.1. The molecule has 0 atom stereocenters. The second-order valence-electron chi connectivity index (χ2n) is 5.10. The van der Waals surface area contributed by atoms with Crippen LogP contribution in [-0.2, 0) is 9.59 Å². The number of nitrogens with one attached hydrogen (secondary N) is 2. The van der Waals surface area contributed by atoms with Crippen LogP contribution in [-0.4, -0.2) is 25.0 Å². The van der Waals surface area contributed by atoms with Crippen LogP contribution in [0.1, 0.15) is 12.8 Å². The third-order valence-electron chi connectivity index (χ3n) is 3.68. The normalized spacial score (nSPS) is 18.6. The fourth-order valence-corrected chi connectivity index (χ4v) is 2.34. The van der Waals surface area contributed by atoms with Gasteiger partial charge in [0.2, 0.25) is 5.91 Å². The Morgan fingerprint density at radius 2 is 2.25 bits per heavy atom. The summed E-state index contributed by atoms with van der Waals surface area (Å²) in [6.07, 6.45) is 1.59. The molecule has 0 radical (unpaired) electrons. The Hall–Kier alpha value is -1.79. The molecule has 1 aromatic carbocycles. The van der Waals surface area contributed by atoms with Crippen LogP contribution >= 0.6 is 11.6 Å². The summed E-state index contributed by atoms with van der Waals surface area (Å²) in [5.74, 6) is 0.133. The molecule has 0 aromatic heterocycles. The molecular formula is C13H14ClN3O3. The topological polar surface area (TPSA) is 93.5 Å². The van der Waals surface area contributed by atoms with Crippen molar-refractivity contribution < 1.29 is 14.3 Å². The minimum Gasteiger partial charge on any atom is -0.482 e. The Morgan fingerprint density at radius 3 is 2.90 bits per heavy atom. The number of hydrogen-bond acceptors (Lipinski definition) is 4. The molecule has 0 spiro atoms. The zero-order valence-electron chi connectivity index (χ0n) is 10.7. The van der Waals surface area contributed by atoms with E-state index in [1.165, 1.54) is 0 Å². The summed E-state index contributed by atoms with van der Waals surface area (Å²) < 4.78 is 5.29. The van der Waals surface area contributed by atoms with E-state index in [1.807, 2.05) is 0 Å². The van der Waals surface area contributed by atoms with E-state index in [-0.39, 0.29) is 18.4 Å². The highest BCUT2D eigenvalue weighted by molar-refractivity contribution is 6.34. The van der Waals surface area contributed by atoms with Crippen LogP contribution < -0.4 is 21.1 Å². The second-order valence-corrected chi connectivity index (χ2v) is 5.51. The highest BCUT2D eigenvalue weighted by Gasteiger charge is 2.48. The number of rotatable bonds is 3. The average molecular weight is 296 g/mol. The first kappa shape index (κ1) is 13.2. The van der Waals surface area contributed by atoms with Crippen molar-refractivity contribution in [1.82, 2.24) is 0 Å². The first-order valence-electron chi connectivity index (χ1n) is 6.32. The van der Waals surface area contributed by atoms with Gasteiger partial charge in [0, 0.05) is 12.6 Å². The van der Waals surface area contributed by atoms with Crippen LogP contribution in [0.4, 0.5) is 11.4 Å². The zero-order chi connectivity index (χ0) is 14.3. The third-order valence-corrected chi connectivity index (χ3v) is 3.99. The molecule has 6 nitrogen and oxygen atoms in total. The minimum absolute atomic E-state index is 0.0469. The van der Waals surface area contributed by atoms with Crippen molar-refractivity contribution in [3.05, 3.63) is 17.2 Å². The van der Waals surface area contributed by atoms with Crippen molar-refractivity contribution in [2.24, 2.45) is 11.1 Å². The lowest BCUT2D eigenvalue weighted by Gasteiger charge is -2.20. The van der Waals surface area contributed by atoms with Gasteiger partial charge in [-0.3, -0.25) is 9.59 Å². The molecule has 1 heterocycles. The Morgan fingerprint density at radius 1 is 1.50 bits per heavy atom. The molecule has 0 bridgehead atoms. The highest BCUT2D eigenvalue weighted by Crippen LogP contribution is 2.46. The molecule has 20 heavy (non-hydrogen) atoms. The molecule has 0 saturated heterocycles. The van der Waals surface area contributed by atoms with Gasteiger partial charge in [0.05, 0.1) is 21.8 Å². The fourth-order valence-electron chi connectivity index (χ4n) is 2.13. The lowest BCUT2D eigenvalue weighted by molar-refractivity contribution is -0.121. The molecular weight excluding hydrogens is 282 g/mol. The molecule has 1 fully saturated rings. The quantitative estimate of drug-likeness (QED) is 0.784. The molecule has 2 aliphatic rings. The number of anilines is 2. The van der Waals surface area contributed by atoms with Gasteiger partial charge in [-0.1, -0.05) is 11.6 Å². The van der Waals surface area contributed by atoms with E-state index < -0.39 is 5.41 Å². The summed E-state index contributed by atoms with van der Waals surface area (Å²) in [4.78, 5) is 23.4. The molecule has 7 heteroatoms. The monoisotopic (exact) mass is 295 g/mol. The summed E-state index contributed by atoms with van der Waals surface area (Å²) in [6, 6.07) is 3.17. The molecule has 1 aliphatic carbocycles. The first-order valence-corrected chi connectivity index (χ1v) is 6.70. The molecule has 106 valence electrons. The van der Waals surface area contributed by atoms with Gasteiger partial charge in [-0.05, 0) is 18.9 Å². The van der Waals surface area contributed by atoms with Gasteiger partial charge >= 0.3 is 0 Å². The van der Waals surface area contributed by atoms with E-state index in [1.54, 1.807) is 12.1 Å². The first-order chi connectivity index (χ1) is 9.54. The lowest BCUT2D eigenvalue weighted by Crippen LogP contribution is -2.31. The number of carbonyl (C=O) groups is 2. The second kappa shape index (κ2) is 4.64. The number of fused-ring (bicyclic) bond motifs is 1. The van der Waals surface area contributed by atoms with Crippen LogP contribution in [0.15, 0.2) is 12.1 Å². The van der Waals surface area contributed by atoms with Gasteiger partial charge < -0.3 is 21.1 Å². The molecule has 1 aliphatic heterocycles. The number of hydrogen-bond donors (Lipinski definition) is 3. The summed E-state index contributed by atoms with van der Waals surface area (Å²) in [7, 11) is 0. The van der Waals surface area contributed by atoms with Crippen molar-refractivity contribution in [2.45, 2.75) is 12.8 Å². The van der Waals surface area contributed by atoms with E-state index in [0.29, 0.717) is 28.7 Å². The Labute approximate surface area is 120 Å². The van der Waals surface area contributed by atoms with Crippen molar-refractivity contribution in [2.75, 3.05) is 23.8 Å². The SMILES string of the molecule is NCC1(C(=O)Nc2cc3c(cc2Cl)NC(=O)CO3)CC1.